The lowest BCUT2D eigenvalue weighted by Gasteiger charge is -2.16. The van der Waals surface area contributed by atoms with E-state index in [-0.39, 0.29) is 51.9 Å². The Bertz CT molecular complexity index is 1350. The summed E-state index contributed by atoms with van der Waals surface area (Å²) in [6.07, 6.45) is 0. The zero-order valence-corrected chi connectivity index (χ0v) is 17.2. The molecule has 0 aliphatic heterocycles. The van der Waals surface area contributed by atoms with Gasteiger partial charge in [0.15, 0.2) is 11.5 Å². The van der Waals surface area contributed by atoms with Crippen molar-refractivity contribution in [2.45, 2.75) is 6.92 Å². The molecule has 0 saturated carbocycles. The first-order valence-corrected chi connectivity index (χ1v) is 9.41. The van der Waals surface area contributed by atoms with Gasteiger partial charge >= 0.3 is 5.97 Å². The number of hydrogen-bond acceptors (Lipinski definition) is 8. The van der Waals surface area contributed by atoms with Crippen LogP contribution in [0.3, 0.4) is 0 Å². The molecule has 0 amide bonds. The largest absolute Gasteiger partial charge is 0.504 e. The maximum Gasteiger partial charge on any atom is 0.338 e. The van der Waals surface area contributed by atoms with Gasteiger partial charge in [-0.2, -0.15) is 10.5 Å². The molecule has 3 N–H and O–H groups in total. The van der Waals surface area contributed by atoms with E-state index in [0.29, 0.717) is 5.56 Å². The fourth-order valence-electron chi connectivity index (χ4n) is 3.25. The molecule has 0 fully saturated rings. The minimum atomic E-state index is -0.741. The Labute approximate surface area is 183 Å². The van der Waals surface area contributed by atoms with Crippen molar-refractivity contribution < 1.29 is 19.4 Å². The van der Waals surface area contributed by atoms with Gasteiger partial charge in [0.25, 0.3) is 5.56 Å². The Morgan fingerprint density at radius 3 is 2.34 bits per heavy atom. The van der Waals surface area contributed by atoms with Crippen molar-refractivity contribution in [3.63, 3.8) is 0 Å². The number of nitriles is 2. The number of aromatic nitrogens is 1. The standard InChI is InChI=1S/C23H18N4O5/c1-3-32-23(30)13-4-7-15(8-5-13)27-21(26)16(11-24)20(17(12-25)22(27)29)14-6-9-18(28)19(10-14)31-2/h4-10,28H,3,26H2,1-2H3. The number of benzene rings is 2. The first-order valence-electron chi connectivity index (χ1n) is 9.41. The van der Waals surface area contributed by atoms with Crippen LogP contribution in [0.5, 0.6) is 11.5 Å². The van der Waals surface area contributed by atoms with Gasteiger partial charge < -0.3 is 20.3 Å². The summed E-state index contributed by atoms with van der Waals surface area (Å²) in [5.74, 6) is -0.738. The smallest absolute Gasteiger partial charge is 0.338 e. The van der Waals surface area contributed by atoms with Crippen molar-refractivity contribution in [1.82, 2.24) is 4.57 Å². The summed E-state index contributed by atoms with van der Waals surface area (Å²) in [4.78, 5) is 25.1. The van der Waals surface area contributed by atoms with Gasteiger partial charge in [-0.3, -0.25) is 9.36 Å². The molecule has 0 spiro atoms. The molecule has 9 nitrogen and oxygen atoms in total. The third-order valence-electron chi connectivity index (χ3n) is 4.74. The van der Waals surface area contributed by atoms with Crippen molar-refractivity contribution in [1.29, 1.82) is 10.5 Å². The van der Waals surface area contributed by atoms with Gasteiger partial charge in [0.1, 0.15) is 29.1 Å². The molecule has 2 aromatic carbocycles. The number of aromatic hydroxyl groups is 1. The Hall–Kier alpha value is -4.76. The molecule has 0 unspecified atom stereocenters. The van der Waals surface area contributed by atoms with Crippen LogP contribution in [0.1, 0.15) is 28.4 Å². The monoisotopic (exact) mass is 430 g/mol. The maximum absolute atomic E-state index is 13.2. The lowest BCUT2D eigenvalue weighted by molar-refractivity contribution is 0.0526. The Balaban J connectivity index is 2.27. The first-order chi connectivity index (χ1) is 15.4. The van der Waals surface area contributed by atoms with Gasteiger partial charge in [-0.15, -0.1) is 0 Å². The van der Waals surface area contributed by atoms with Gasteiger partial charge in [0.05, 0.1) is 25.0 Å². The van der Waals surface area contributed by atoms with Crippen LogP contribution in [0.2, 0.25) is 0 Å². The number of anilines is 1. The topological polar surface area (TPSA) is 151 Å². The minimum absolute atomic E-state index is 0.0372. The van der Waals surface area contributed by atoms with Crippen LogP contribution in [-0.4, -0.2) is 29.4 Å². The Morgan fingerprint density at radius 1 is 1.12 bits per heavy atom. The van der Waals surface area contributed by atoms with Crippen LogP contribution < -0.4 is 16.0 Å². The number of pyridine rings is 1. The van der Waals surface area contributed by atoms with E-state index in [0.717, 1.165) is 4.57 Å². The van der Waals surface area contributed by atoms with E-state index in [1.807, 2.05) is 12.1 Å². The molecule has 160 valence electrons. The van der Waals surface area contributed by atoms with E-state index in [4.69, 9.17) is 15.2 Å². The number of carbonyl (C=O) groups is 1. The quantitative estimate of drug-likeness (QED) is 0.586. The number of esters is 1. The summed E-state index contributed by atoms with van der Waals surface area (Å²) < 4.78 is 11.1. The summed E-state index contributed by atoms with van der Waals surface area (Å²) in [6.45, 7) is 1.90. The molecule has 0 aliphatic carbocycles. The highest BCUT2D eigenvalue weighted by Crippen LogP contribution is 2.35. The molecule has 0 aliphatic rings. The second kappa shape index (κ2) is 8.94. The normalized spacial score (nSPS) is 10.1. The van der Waals surface area contributed by atoms with Crippen LogP contribution in [0.4, 0.5) is 5.82 Å². The van der Waals surface area contributed by atoms with Crippen LogP contribution in [0, 0.1) is 22.7 Å². The molecule has 32 heavy (non-hydrogen) atoms. The van der Waals surface area contributed by atoms with Crippen molar-refractivity contribution in [2.24, 2.45) is 0 Å². The fraction of sp³-hybridized carbons (Fsp3) is 0.130. The van der Waals surface area contributed by atoms with Crippen molar-refractivity contribution >= 4 is 11.8 Å². The fourth-order valence-corrected chi connectivity index (χ4v) is 3.25. The van der Waals surface area contributed by atoms with Gasteiger partial charge in [0, 0.05) is 5.56 Å². The third-order valence-corrected chi connectivity index (χ3v) is 4.74. The highest BCUT2D eigenvalue weighted by molar-refractivity contribution is 5.89. The molecule has 0 saturated heterocycles. The van der Waals surface area contributed by atoms with Crippen LogP contribution >= 0.6 is 0 Å². The predicted octanol–water partition coefficient (Wildman–Crippen LogP) is 2.72. The van der Waals surface area contributed by atoms with E-state index in [9.17, 15) is 25.2 Å². The number of rotatable bonds is 5. The zero-order chi connectivity index (χ0) is 23.4. The number of carbonyl (C=O) groups excluding carboxylic acids is 1. The summed E-state index contributed by atoms with van der Waals surface area (Å²) in [5.41, 5.74) is 5.94. The molecule has 9 heteroatoms. The number of nitrogens with zero attached hydrogens (tertiary/aromatic N) is 3. The number of ether oxygens (including phenoxy) is 2. The molecule has 0 bridgehead atoms. The number of phenols is 1. The Morgan fingerprint density at radius 2 is 1.78 bits per heavy atom. The predicted molar refractivity (Wildman–Crippen MR) is 115 cm³/mol. The highest BCUT2D eigenvalue weighted by Gasteiger charge is 2.23. The van der Waals surface area contributed by atoms with Crippen molar-refractivity contribution in [2.75, 3.05) is 19.5 Å². The van der Waals surface area contributed by atoms with Crippen molar-refractivity contribution in [3.05, 3.63) is 69.5 Å². The summed E-state index contributed by atoms with van der Waals surface area (Å²) in [6, 6.07) is 13.8. The van der Waals surface area contributed by atoms with Gasteiger partial charge in [-0.1, -0.05) is 6.07 Å². The minimum Gasteiger partial charge on any atom is -0.504 e. The summed E-state index contributed by atoms with van der Waals surface area (Å²) in [7, 11) is 1.35. The highest BCUT2D eigenvalue weighted by atomic mass is 16.5. The van der Waals surface area contributed by atoms with Gasteiger partial charge in [-0.05, 0) is 48.9 Å². The SMILES string of the molecule is CCOC(=O)c1ccc(-n2c(N)c(C#N)c(-c3ccc(O)c(OC)c3)c(C#N)c2=O)cc1. The first kappa shape index (κ1) is 21.9. The van der Waals surface area contributed by atoms with Gasteiger partial charge in [0.2, 0.25) is 0 Å². The lowest BCUT2D eigenvalue weighted by Crippen LogP contribution is -2.26. The van der Waals surface area contributed by atoms with E-state index >= 15 is 0 Å². The summed E-state index contributed by atoms with van der Waals surface area (Å²) in [5, 5.41) is 29.4. The lowest BCUT2D eigenvalue weighted by atomic mass is 9.95. The van der Waals surface area contributed by atoms with Crippen LogP contribution in [-0.2, 0) is 4.74 Å². The van der Waals surface area contributed by atoms with Crippen LogP contribution in [0.25, 0.3) is 16.8 Å². The average Bonchev–Trinajstić information content (AvgIpc) is 2.80. The Kier molecular flexibility index (Phi) is 6.13. The van der Waals surface area contributed by atoms with E-state index in [2.05, 4.69) is 0 Å². The number of nitrogens with two attached hydrogens (primary N) is 1. The third kappa shape index (κ3) is 3.71. The van der Waals surface area contributed by atoms with E-state index < -0.39 is 11.5 Å². The molecule has 1 aromatic heterocycles. The molecule has 0 atom stereocenters. The van der Waals surface area contributed by atoms with E-state index in [1.165, 1.54) is 49.6 Å². The zero-order valence-electron chi connectivity index (χ0n) is 17.2. The van der Waals surface area contributed by atoms with Gasteiger partial charge in [-0.25, -0.2) is 4.79 Å². The molecular formula is C23H18N4O5. The average molecular weight is 430 g/mol. The molecular weight excluding hydrogens is 412 g/mol. The van der Waals surface area contributed by atoms with Crippen molar-refractivity contribution in [3.8, 4) is 40.5 Å². The summed E-state index contributed by atoms with van der Waals surface area (Å²) >= 11 is 0. The number of hydrogen-bond donors (Lipinski definition) is 2. The van der Waals surface area contributed by atoms with Crippen LogP contribution in [0.15, 0.2) is 47.3 Å². The number of phenolic OH excluding ortho intramolecular Hbond substituents is 1. The second-order valence-electron chi connectivity index (χ2n) is 6.53. The molecule has 3 rings (SSSR count). The molecule has 1 heterocycles. The van der Waals surface area contributed by atoms with E-state index in [1.54, 1.807) is 6.92 Å². The maximum atomic E-state index is 13.2. The number of nitrogen functional groups attached to an aromatic ring is 1. The molecule has 3 aromatic rings. The molecule has 0 radical (unpaired) electrons. The number of methoxy groups -OCH3 is 1. The second-order valence-corrected chi connectivity index (χ2v) is 6.53.